The van der Waals surface area contributed by atoms with Crippen molar-refractivity contribution >= 4 is 57.9 Å². The molecule has 1 fully saturated rings. The van der Waals surface area contributed by atoms with Crippen molar-refractivity contribution in [1.82, 2.24) is 4.90 Å². The standard InChI is InChI=1S/C18H11ClFNO3S2/c19-12-7-4-8-13(20)11(12)9-14-16(22)21(18(25)26-14)15(17(23)24)10-5-2-1-3-6-10/h1-9,15H,(H,23,24)/p-1/t15-/m1/s1. The highest BCUT2D eigenvalue weighted by Crippen LogP contribution is 2.39. The predicted molar refractivity (Wildman–Crippen MR) is 101 cm³/mol. The Balaban J connectivity index is 2.01. The Bertz CT molecular complexity index is 913. The predicted octanol–water partition coefficient (Wildman–Crippen LogP) is 3.17. The molecule has 0 bridgehead atoms. The van der Waals surface area contributed by atoms with Crippen molar-refractivity contribution in [2.75, 3.05) is 0 Å². The van der Waals surface area contributed by atoms with Gasteiger partial charge in [0.15, 0.2) is 0 Å². The molecule has 8 heteroatoms. The number of nitrogens with zero attached hydrogens (tertiary/aromatic N) is 1. The maximum atomic E-state index is 14.0. The molecule has 1 amide bonds. The summed E-state index contributed by atoms with van der Waals surface area (Å²) in [5.41, 5.74) is 0.397. The first-order chi connectivity index (χ1) is 12.4. The number of aliphatic carboxylic acids is 1. The van der Waals surface area contributed by atoms with Gasteiger partial charge in [0.05, 0.1) is 15.9 Å². The number of thiocarbonyl (C=S) groups is 1. The van der Waals surface area contributed by atoms with Crippen LogP contribution >= 0.6 is 35.6 Å². The number of carboxylic acids is 1. The summed E-state index contributed by atoms with van der Waals surface area (Å²) in [4.78, 5) is 25.5. The second-order valence-corrected chi connectivity index (χ2v) is 7.40. The summed E-state index contributed by atoms with van der Waals surface area (Å²) in [7, 11) is 0. The zero-order valence-corrected chi connectivity index (χ0v) is 15.4. The molecule has 1 atom stereocenters. The average Bonchev–Trinajstić information content (AvgIpc) is 2.87. The van der Waals surface area contributed by atoms with Gasteiger partial charge in [0.2, 0.25) is 0 Å². The van der Waals surface area contributed by atoms with Crippen LogP contribution < -0.4 is 5.11 Å². The molecule has 1 aliphatic rings. The number of halogens is 2. The van der Waals surface area contributed by atoms with Gasteiger partial charge in [0.25, 0.3) is 5.91 Å². The van der Waals surface area contributed by atoms with Crippen LogP contribution in [0.15, 0.2) is 53.4 Å². The summed E-state index contributed by atoms with van der Waals surface area (Å²) in [6.07, 6.45) is 1.27. The maximum Gasteiger partial charge on any atom is 0.267 e. The largest absolute Gasteiger partial charge is 0.547 e. The van der Waals surface area contributed by atoms with Crippen molar-refractivity contribution in [3.63, 3.8) is 0 Å². The van der Waals surface area contributed by atoms with Gasteiger partial charge in [-0.1, -0.05) is 72.0 Å². The first kappa shape index (κ1) is 18.6. The number of hydrogen-bond acceptors (Lipinski definition) is 5. The molecule has 132 valence electrons. The zero-order valence-electron chi connectivity index (χ0n) is 13.0. The van der Waals surface area contributed by atoms with Gasteiger partial charge < -0.3 is 9.90 Å². The third-order valence-corrected chi connectivity index (χ3v) is 5.36. The number of benzene rings is 2. The molecule has 1 heterocycles. The summed E-state index contributed by atoms with van der Waals surface area (Å²) in [5.74, 6) is -2.70. The number of carbonyl (C=O) groups excluding carboxylic acids is 2. The Morgan fingerprint density at radius 1 is 1.23 bits per heavy atom. The van der Waals surface area contributed by atoms with Crippen LogP contribution in [-0.2, 0) is 9.59 Å². The van der Waals surface area contributed by atoms with Crippen LogP contribution in [0.1, 0.15) is 17.2 Å². The van der Waals surface area contributed by atoms with Gasteiger partial charge in [-0.3, -0.25) is 9.69 Å². The van der Waals surface area contributed by atoms with Crippen LogP contribution in [0, 0.1) is 5.82 Å². The Hall–Kier alpha value is -2.22. The van der Waals surface area contributed by atoms with Crippen molar-refractivity contribution in [2.24, 2.45) is 0 Å². The molecule has 1 aliphatic heterocycles. The molecule has 3 rings (SSSR count). The summed E-state index contributed by atoms with van der Waals surface area (Å²) in [6.45, 7) is 0. The molecule has 0 N–H and O–H groups in total. The van der Waals surface area contributed by atoms with E-state index in [1.54, 1.807) is 30.3 Å². The molecule has 0 radical (unpaired) electrons. The van der Waals surface area contributed by atoms with Gasteiger partial charge in [-0.05, 0) is 23.8 Å². The number of thioether (sulfide) groups is 1. The number of carbonyl (C=O) groups is 2. The van der Waals surface area contributed by atoms with Gasteiger partial charge in [0.1, 0.15) is 16.2 Å². The molecule has 2 aromatic carbocycles. The second kappa shape index (κ2) is 7.57. The van der Waals surface area contributed by atoms with E-state index in [-0.39, 0.29) is 19.8 Å². The molecule has 0 saturated carbocycles. The summed E-state index contributed by atoms with van der Waals surface area (Å²) in [6, 6.07) is 10.9. The van der Waals surface area contributed by atoms with E-state index in [1.807, 2.05) is 0 Å². The topological polar surface area (TPSA) is 60.4 Å². The molecular formula is C18H10ClFNO3S2-. The van der Waals surface area contributed by atoms with Crippen LogP contribution in [0.2, 0.25) is 5.02 Å². The average molecular weight is 407 g/mol. The molecule has 0 unspecified atom stereocenters. The Labute approximate surface area is 163 Å². The van der Waals surface area contributed by atoms with E-state index >= 15 is 0 Å². The van der Waals surface area contributed by atoms with E-state index in [2.05, 4.69) is 0 Å². The fourth-order valence-electron chi connectivity index (χ4n) is 2.51. The fourth-order valence-corrected chi connectivity index (χ4v) is 4.02. The summed E-state index contributed by atoms with van der Waals surface area (Å²) in [5, 5.41) is 11.8. The fraction of sp³-hybridized carbons (Fsp3) is 0.0556. The minimum absolute atomic E-state index is 0.0411. The van der Waals surface area contributed by atoms with Crippen molar-refractivity contribution in [2.45, 2.75) is 6.04 Å². The van der Waals surface area contributed by atoms with Crippen molar-refractivity contribution in [1.29, 1.82) is 0 Å². The van der Waals surface area contributed by atoms with Crippen LogP contribution in [0.3, 0.4) is 0 Å². The Morgan fingerprint density at radius 3 is 2.54 bits per heavy atom. The molecule has 26 heavy (non-hydrogen) atoms. The smallest absolute Gasteiger partial charge is 0.267 e. The summed E-state index contributed by atoms with van der Waals surface area (Å²) < 4.78 is 14.0. The van der Waals surface area contributed by atoms with Gasteiger partial charge in [0, 0.05) is 5.56 Å². The highest BCUT2D eigenvalue weighted by Gasteiger charge is 2.38. The highest BCUT2D eigenvalue weighted by atomic mass is 35.5. The van der Waals surface area contributed by atoms with Crippen molar-refractivity contribution in [3.05, 3.63) is 75.4 Å². The van der Waals surface area contributed by atoms with Gasteiger partial charge in [-0.2, -0.15) is 0 Å². The van der Waals surface area contributed by atoms with E-state index < -0.39 is 23.7 Å². The second-order valence-electron chi connectivity index (χ2n) is 5.32. The first-order valence-electron chi connectivity index (χ1n) is 7.37. The SMILES string of the molecule is O=C([O-])[C@@H](c1ccccc1)N1C(=O)C(=Cc2c(F)cccc2Cl)SC1=S. The van der Waals surface area contributed by atoms with E-state index in [0.29, 0.717) is 5.56 Å². The molecule has 0 spiro atoms. The lowest BCUT2D eigenvalue weighted by molar-refractivity contribution is -0.310. The third-order valence-electron chi connectivity index (χ3n) is 3.70. The number of carboxylic acid groups (broad SMARTS) is 1. The highest BCUT2D eigenvalue weighted by molar-refractivity contribution is 8.26. The number of hydrogen-bond donors (Lipinski definition) is 0. The van der Waals surface area contributed by atoms with Crippen LogP contribution in [-0.4, -0.2) is 21.1 Å². The van der Waals surface area contributed by atoms with Crippen LogP contribution in [0.25, 0.3) is 6.08 Å². The van der Waals surface area contributed by atoms with Crippen LogP contribution in [0.5, 0.6) is 0 Å². The maximum absolute atomic E-state index is 14.0. The molecule has 1 saturated heterocycles. The van der Waals surface area contributed by atoms with Crippen LogP contribution in [0.4, 0.5) is 4.39 Å². The zero-order chi connectivity index (χ0) is 18.8. The Kier molecular flexibility index (Phi) is 5.41. The molecule has 2 aromatic rings. The molecular weight excluding hydrogens is 397 g/mol. The summed E-state index contributed by atoms with van der Waals surface area (Å²) >= 11 is 12.0. The number of amides is 1. The van der Waals surface area contributed by atoms with Crippen molar-refractivity contribution in [3.8, 4) is 0 Å². The molecule has 0 aromatic heterocycles. The number of rotatable bonds is 4. The van der Waals surface area contributed by atoms with Gasteiger partial charge in [-0.15, -0.1) is 0 Å². The van der Waals surface area contributed by atoms with Gasteiger partial charge in [-0.25, -0.2) is 4.39 Å². The Morgan fingerprint density at radius 2 is 1.92 bits per heavy atom. The molecule has 0 aliphatic carbocycles. The minimum Gasteiger partial charge on any atom is -0.547 e. The van der Waals surface area contributed by atoms with E-state index in [0.717, 1.165) is 16.7 Å². The van der Waals surface area contributed by atoms with Crippen molar-refractivity contribution < 1.29 is 19.1 Å². The third kappa shape index (κ3) is 3.51. The molecule has 4 nitrogen and oxygen atoms in total. The van der Waals surface area contributed by atoms with E-state index in [4.69, 9.17) is 23.8 Å². The first-order valence-corrected chi connectivity index (χ1v) is 8.97. The monoisotopic (exact) mass is 406 g/mol. The lowest BCUT2D eigenvalue weighted by atomic mass is 10.1. The van der Waals surface area contributed by atoms with E-state index in [1.165, 1.54) is 24.3 Å². The minimum atomic E-state index is -1.46. The lowest BCUT2D eigenvalue weighted by Gasteiger charge is -2.27. The van der Waals surface area contributed by atoms with Gasteiger partial charge >= 0.3 is 0 Å². The quantitative estimate of drug-likeness (QED) is 0.576. The lowest BCUT2D eigenvalue weighted by Crippen LogP contribution is -2.43. The normalized spacial score (nSPS) is 17.0. The van der Waals surface area contributed by atoms with E-state index in [9.17, 15) is 19.1 Å².